The molecule has 0 heterocycles. The lowest BCUT2D eigenvalue weighted by molar-refractivity contribution is 0.104. The van der Waals surface area contributed by atoms with Crippen LogP contribution in [0.25, 0.3) is 0 Å². The van der Waals surface area contributed by atoms with Gasteiger partial charge in [0, 0.05) is 33.9 Å². The summed E-state index contributed by atoms with van der Waals surface area (Å²) >= 11 is 3.44. The maximum atomic E-state index is 12.7. The number of ether oxygens (including phenoxy) is 2. The topological polar surface area (TPSA) is 64.6 Å². The van der Waals surface area contributed by atoms with E-state index in [2.05, 4.69) is 28.2 Å². The Morgan fingerprint density at radius 3 is 2.47 bits per heavy atom. The van der Waals surface area contributed by atoms with Gasteiger partial charge in [-0.2, -0.15) is 0 Å². The largest absolute Gasteiger partial charge is 0.493 e. The number of methoxy groups -OCH3 is 2. The van der Waals surface area contributed by atoms with E-state index in [1.54, 1.807) is 32.4 Å². The molecule has 30 heavy (non-hydrogen) atoms. The lowest BCUT2D eigenvalue weighted by atomic mass is 10.0. The lowest BCUT2D eigenvalue weighted by Gasteiger charge is -2.14. The third-order valence-electron chi connectivity index (χ3n) is 4.76. The minimum absolute atomic E-state index is 0.0409. The first kappa shape index (κ1) is 23.7. The first-order chi connectivity index (χ1) is 14.5. The van der Waals surface area contributed by atoms with Gasteiger partial charge in [0.05, 0.1) is 14.2 Å². The number of nitrogens with one attached hydrogen (secondary N) is 1. The van der Waals surface area contributed by atoms with E-state index in [9.17, 15) is 9.59 Å². The Morgan fingerprint density at radius 2 is 1.83 bits per heavy atom. The summed E-state index contributed by atoms with van der Waals surface area (Å²) in [6, 6.07) is 10.9. The number of halogens is 1. The molecule has 160 valence electrons. The maximum absolute atomic E-state index is 12.7. The van der Waals surface area contributed by atoms with Gasteiger partial charge in [-0.1, -0.05) is 41.4 Å². The van der Waals surface area contributed by atoms with Gasteiger partial charge in [-0.25, -0.2) is 0 Å². The standard InChI is InChI=1S/C24H28BrNO4/c1-4-5-8-19(15-22(28)20-9-6-7-10-21(20)25)26-12-11-17-13-23(29-2)24(30-3)14-18(17)16-27/h6-7,9-10,13-16,26H,4-5,8,11-12H2,1-3H3/b19-15-. The number of carbonyl (C=O) groups excluding carboxylic acids is 2. The van der Waals surface area contributed by atoms with Crippen molar-refractivity contribution in [3.05, 3.63) is 69.3 Å². The number of unbranched alkanes of at least 4 members (excludes halogenated alkanes) is 1. The maximum Gasteiger partial charge on any atom is 0.188 e. The van der Waals surface area contributed by atoms with Gasteiger partial charge < -0.3 is 14.8 Å². The molecule has 0 amide bonds. The number of hydrogen-bond acceptors (Lipinski definition) is 5. The van der Waals surface area contributed by atoms with Gasteiger partial charge in [0.1, 0.15) is 6.29 Å². The SMILES string of the molecule is CCCC/C(=C/C(=O)c1ccccc1Br)NCCc1cc(OC)c(OC)cc1C=O. The van der Waals surface area contributed by atoms with E-state index in [4.69, 9.17) is 9.47 Å². The van der Waals surface area contributed by atoms with E-state index < -0.39 is 0 Å². The monoisotopic (exact) mass is 473 g/mol. The molecule has 0 aromatic heterocycles. The van der Waals surface area contributed by atoms with Crippen molar-refractivity contribution in [3.63, 3.8) is 0 Å². The van der Waals surface area contributed by atoms with Crippen LogP contribution in [0.2, 0.25) is 0 Å². The zero-order valence-corrected chi connectivity index (χ0v) is 19.3. The van der Waals surface area contributed by atoms with Crippen molar-refractivity contribution >= 4 is 28.0 Å². The van der Waals surface area contributed by atoms with Crippen LogP contribution in [0.4, 0.5) is 0 Å². The predicted molar refractivity (Wildman–Crippen MR) is 123 cm³/mol. The molecule has 2 aromatic rings. The average molecular weight is 474 g/mol. The molecule has 2 aromatic carbocycles. The molecule has 0 unspecified atom stereocenters. The van der Waals surface area contributed by atoms with Gasteiger partial charge in [0.15, 0.2) is 17.3 Å². The highest BCUT2D eigenvalue weighted by Crippen LogP contribution is 2.30. The summed E-state index contributed by atoms with van der Waals surface area (Å²) < 4.78 is 11.4. The lowest BCUT2D eigenvalue weighted by Crippen LogP contribution is -2.19. The average Bonchev–Trinajstić information content (AvgIpc) is 2.76. The Labute approximate surface area is 186 Å². The van der Waals surface area contributed by atoms with Crippen LogP contribution in [0.3, 0.4) is 0 Å². The summed E-state index contributed by atoms with van der Waals surface area (Å²) in [6.07, 6.45) is 5.91. The zero-order chi connectivity index (χ0) is 21.9. The summed E-state index contributed by atoms with van der Waals surface area (Å²) in [5.41, 5.74) is 2.96. The molecule has 0 aliphatic rings. The van der Waals surface area contributed by atoms with Crippen molar-refractivity contribution in [3.8, 4) is 11.5 Å². The highest BCUT2D eigenvalue weighted by atomic mass is 79.9. The zero-order valence-electron chi connectivity index (χ0n) is 17.7. The van der Waals surface area contributed by atoms with E-state index in [0.717, 1.165) is 41.3 Å². The smallest absolute Gasteiger partial charge is 0.188 e. The van der Waals surface area contributed by atoms with Gasteiger partial charge in [-0.05, 0) is 49.1 Å². The molecule has 0 aliphatic heterocycles. The molecule has 0 spiro atoms. The van der Waals surface area contributed by atoms with Crippen LogP contribution in [0.15, 0.2) is 52.6 Å². The third-order valence-corrected chi connectivity index (χ3v) is 5.45. The van der Waals surface area contributed by atoms with Crippen molar-refractivity contribution in [1.29, 1.82) is 0 Å². The normalized spacial score (nSPS) is 11.1. The summed E-state index contributed by atoms with van der Waals surface area (Å²) in [6.45, 7) is 2.71. The molecule has 0 aliphatic carbocycles. The van der Waals surface area contributed by atoms with Crippen molar-refractivity contribution in [1.82, 2.24) is 5.32 Å². The highest BCUT2D eigenvalue weighted by Gasteiger charge is 2.12. The van der Waals surface area contributed by atoms with Gasteiger partial charge >= 0.3 is 0 Å². The Balaban J connectivity index is 2.14. The first-order valence-electron chi connectivity index (χ1n) is 9.97. The molecule has 1 N–H and O–H groups in total. The second-order valence-corrected chi connectivity index (χ2v) is 7.67. The van der Waals surface area contributed by atoms with Gasteiger partial charge in [0.25, 0.3) is 0 Å². The van der Waals surface area contributed by atoms with E-state index in [1.807, 2.05) is 24.3 Å². The molecule has 0 bridgehead atoms. The third kappa shape index (κ3) is 6.46. The van der Waals surface area contributed by atoms with Crippen molar-refractivity contribution < 1.29 is 19.1 Å². The van der Waals surface area contributed by atoms with Crippen molar-refractivity contribution in [2.75, 3.05) is 20.8 Å². The quantitative estimate of drug-likeness (QED) is 0.255. The summed E-state index contributed by atoms with van der Waals surface area (Å²) in [5, 5.41) is 3.38. The second-order valence-electron chi connectivity index (χ2n) is 6.82. The Hall–Kier alpha value is -2.60. The van der Waals surface area contributed by atoms with Crippen LogP contribution in [-0.2, 0) is 6.42 Å². The van der Waals surface area contributed by atoms with Crippen LogP contribution in [0.5, 0.6) is 11.5 Å². The van der Waals surface area contributed by atoms with Crippen LogP contribution in [0.1, 0.15) is 52.5 Å². The minimum Gasteiger partial charge on any atom is -0.493 e. The molecule has 0 saturated heterocycles. The second kappa shape index (κ2) is 12.2. The summed E-state index contributed by atoms with van der Waals surface area (Å²) in [4.78, 5) is 24.2. The Kier molecular flexibility index (Phi) is 9.61. The molecule has 0 saturated carbocycles. The van der Waals surface area contributed by atoms with Crippen LogP contribution < -0.4 is 14.8 Å². The summed E-state index contributed by atoms with van der Waals surface area (Å²) in [5.74, 6) is 1.07. The van der Waals surface area contributed by atoms with E-state index in [-0.39, 0.29) is 5.78 Å². The van der Waals surface area contributed by atoms with E-state index in [1.165, 1.54) is 0 Å². The number of rotatable bonds is 12. The van der Waals surface area contributed by atoms with Crippen LogP contribution >= 0.6 is 15.9 Å². The molecule has 0 radical (unpaired) electrons. The number of ketones is 1. The molecule has 6 heteroatoms. The number of aldehydes is 1. The fourth-order valence-electron chi connectivity index (χ4n) is 3.10. The Bertz CT molecular complexity index is 908. The number of carbonyl (C=O) groups is 2. The molecular weight excluding hydrogens is 446 g/mol. The van der Waals surface area contributed by atoms with E-state index >= 15 is 0 Å². The van der Waals surface area contributed by atoms with Crippen molar-refractivity contribution in [2.45, 2.75) is 32.6 Å². The van der Waals surface area contributed by atoms with E-state index in [0.29, 0.717) is 35.6 Å². The minimum atomic E-state index is -0.0409. The predicted octanol–water partition coefficient (Wildman–Crippen LogP) is 5.37. The van der Waals surface area contributed by atoms with Gasteiger partial charge in [0.2, 0.25) is 0 Å². The van der Waals surface area contributed by atoms with Crippen LogP contribution in [-0.4, -0.2) is 32.8 Å². The molecule has 0 fully saturated rings. The number of hydrogen-bond donors (Lipinski definition) is 1. The molecular formula is C24H28BrNO4. The fourth-order valence-corrected chi connectivity index (χ4v) is 3.58. The first-order valence-corrected chi connectivity index (χ1v) is 10.8. The van der Waals surface area contributed by atoms with Gasteiger partial charge in [-0.15, -0.1) is 0 Å². The Morgan fingerprint density at radius 1 is 1.13 bits per heavy atom. The van der Waals surface area contributed by atoms with Crippen molar-refractivity contribution in [2.24, 2.45) is 0 Å². The molecule has 2 rings (SSSR count). The van der Waals surface area contributed by atoms with Gasteiger partial charge in [-0.3, -0.25) is 9.59 Å². The molecule has 5 nitrogen and oxygen atoms in total. The number of allylic oxidation sites excluding steroid dienone is 2. The highest BCUT2D eigenvalue weighted by molar-refractivity contribution is 9.10. The summed E-state index contributed by atoms with van der Waals surface area (Å²) in [7, 11) is 3.11. The molecule has 0 atom stereocenters. The van der Waals surface area contributed by atoms with Crippen LogP contribution in [0, 0.1) is 0 Å². The number of benzene rings is 2. The fraction of sp³-hybridized carbons (Fsp3) is 0.333.